The fourth-order valence-electron chi connectivity index (χ4n) is 2.17. The molecule has 1 N–H and O–H groups in total. The minimum Gasteiger partial charge on any atom is -0.508 e. The van der Waals surface area contributed by atoms with Gasteiger partial charge in [0.2, 0.25) is 0 Å². The number of rotatable bonds is 1. The zero-order valence-corrected chi connectivity index (χ0v) is 10.6. The molecular formula is C13H16ClNO2. The number of carbonyl (C=O) groups is 1. The van der Waals surface area contributed by atoms with Gasteiger partial charge in [-0.05, 0) is 43.5 Å². The van der Waals surface area contributed by atoms with Gasteiger partial charge in [0.05, 0.1) is 5.38 Å². The number of phenols is 1. The summed E-state index contributed by atoms with van der Waals surface area (Å²) in [6, 6.07) is 4.82. The first-order valence-corrected chi connectivity index (χ1v) is 6.24. The van der Waals surface area contributed by atoms with E-state index >= 15 is 0 Å². The summed E-state index contributed by atoms with van der Waals surface area (Å²) in [6.45, 7) is 3.21. The number of carbonyl (C=O) groups excluding carboxylic acids is 1. The SMILES string of the molecule is Cc1cc(O)ccc1C(=O)N1CCCC(Cl)C1. The molecule has 0 saturated carbocycles. The minimum atomic E-state index is 0.00727. The van der Waals surface area contributed by atoms with E-state index < -0.39 is 0 Å². The molecule has 1 atom stereocenters. The molecule has 1 fully saturated rings. The van der Waals surface area contributed by atoms with Crippen LogP contribution in [0, 0.1) is 6.92 Å². The number of alkyl halides is 1. The van der Waals surface area contributed by atoms with Crippen LogP contribution in [0.2, 0.25) is 0 Å². The molecule has 1 aromatic rings. The van der Waals surface area contributed by atoms with Crippen LogP contribution in [-0.4, -0.2) is 34.4 Å². The summed E-state index contributed by atoms with van der Waals surface area (Å²) in [5, 5.41) is 9.39. The van der Waals surface area contributed by atoms with Gasteiger partial charge in [-0.2, -0.15) is 0 Å². The Kier molecular flexibility index (Phi) is 3.57. The van der Waals surface area contributed by atoms with Crippen molar-refractivity contribution in [2.24, 2.45) is 0 Å². The number of aromatic hydroxyl groups is 1. The van der Waals surface area contributed by atoms with Gasteiger partial charge in [-0.3, -0.25) is 4.79 Å². The molecule has 3 nitrogen and oxygen atoms in total. The smallest absolute Gasteiger partial charge is 0.254 e. The molecule has 0 aromatic heterocycles. The summed E-state index contributed by atoms with van der Waals surface area (Å²) >= 11 is 6.07. The van der Waals surface area contributed by atoms with Gasteiger partial charge in [0, 0.05) is 18.7 Å². The van der Waals surface area contributed by atoms with E-state index in [9.17, 15) is 9.90 Å². The Morgan fingerprint density at radius 1 is 1.53 bits per heavy atom. The highest BCUT2D eigenvalue weighted by Gasteiger charge is 2.23. The average molecular weight is 254 g/mol. The van der Waals surface area contributed by atoms with Crippen LogP contribution < -0.4 is 0 Å². The average Bonchev–Trinajstić information content (AvgIpc) is 2.28. The van der Waals surface area contributed by atoms with Crippen molar-refractivity contribution in [3.8, 4) is 5.75 Å². The van der Waals surface area contributed by atoms with Gasteiger partial charge in [0.1, 0.15) is 5.75 Å². The van der Waals surface area contributed by atoms with E-state index in [2.05, 4.69) is 0 Å². The fourth-order valence-corrected chi connectivity index (χ4v) is 2.49. The van der Waals surface area contributed by atoms with Crippen LogP contribution in [-0.2, 0) is 0 Å². The third-order valence-corrected chi connectivity index (χ3v) is 3.45. The van der Waals surface area contributed by atoms with Gasteiger partial charge in [0.15, 0.2) is 0 Å². The summed E-state index contributed by atoms with van der Waals surface area (Å²) < 4.78 is 0. The van der Waals surface area contributed by atoms with Crippen molar-refractivity contribution in [1.29, 1.82) is 0 Å². The lowest BCUT2D eigenvalue weighted by Crippen LogP contribution is -2.40. The molecule has 1 amide bonds. The van der Waals surface area contributed by atoms with E-state index in [1.807, 2.05) is 6.92 Å². The molecule has 0 aliphatic carbocycles. The topological polar surface area (TPSA) is 40.5 Å². The van der Waals surface area contributed by atoms with Crippen molar-refractivity contribution in [2.45, 2.75) is 25.1 Å². The molecule has 92 valence electrons. The predicted molar refractivity (Wildman–Crippen MR) is 67.6 cm³/mol. The van der Waals surface area contributed by atoms with Gasteiger partial charge in [-0.1, -0.05) is 0 Å². The van der Waals surface area contributed by atoms with Crippen LogP contribution in [0.25, 0.3) is 0 Å². The van der Waals surface area contributed by atoms with E-state index in [0.717, 1.165) is 24.9 Å². The number of nitrogens with zero attached hydrogens (tertiary/aromatic N) is 1. The van der Waals surface area contributed by atoms with Gasteiger partial charge in [-0.15, -0.1) is 11.6 Å². The molecule has 1 aliphatic heterocycles. The third-order valence-electron chi connectivity index (χ3n) is 3.09. The fraction of sp³-hybridized carbons (Fsp3) is 0.462. The molecule has 17 heavy (non-hydrogen) atoms. The Hall–Kier alpha value is -1.22. The number of hydrogen-bond acceptors (Lipinski definition) is 2. The lowest BCUT2D eigenvalue weighted by molar-refractivity contribution is 0.0726. The van der Waals surface area contributed by atoms with Crippen molar-refractivity contribution in [3.63, 3.8) is 0 Å². The molecule has 0 bridgehead atoms. The van der Waals surface area contributed by atoms with Crippen molar-refractivity contribution in [1.82, 2.24) is 4.90 Å². The number of halogens is 1. The quantitative estimate of drug-likeness (QED) is 0.782. The molecule has 1 aliphatic rings. The molecule has 4 heteroatoms. The summed E-state index contributed by atoms with van der Waals surface area (Å²) in [4.78, 5) is 14.1. The Bertz CT molecular complexity index is 433. The van der Waals surface area contributed by atoms with E-state index in [1.54, 1.807) is 23.1 Å². The van der Waals surface area contributed by atoms with E-state index in [0.29, 0.717) is 12.1 Å². The second-order valence-corrected chi connectivity index (χ2v) is 5.11. The highest BCUT2D eigenvalue weighted by molar-refractivity contribution is 6.21. The zero-order chi connectivity index (χ0) is 12.4. The van der Waals surface area contributed by atoms with Crippen LogP contribution in [0.4, 0.5) is 0 Å². The normalized spacial score (nSPS) is 20.4. The van der Waals surface area contributed by atoms with Gasteiger partial charge < -0.3 is 10.0 Å². The first kappa shape index (κ1) is 12.2. The molecule has 2 rings (SSSR count). The lowest BCUT2D eigenvalue weighted by atomic mass is 10.0. The number of amides is 1. The van der Waals surface area contributed by atoms with Crippen LogP contribution in [0.15, 0.2) is 18.2 Å². The van der Waals surface area contributed by atoms with E-state index in [4.69, 9.17) is 11.6 Å². The third kappa shape index (κ3) is 2.72. The first-order chi connectivity index (χ1) is 8.08. The maximum Gasteiger partial charge on any atom is 0.254 e. The highest BCUT2D eigenvalue weighted by atomic mass is 35.5. The Balaban J connectivity index is 2.18. The van der Waals surface area contributed by atoms with Crippen LogP contribution >= 0.6 is 11.6 Å². The molecule has 1 unspecified atom stereocenters. The maximum atomic E-state index is 12.3. The summed E-state index contributed by atoms with van der Waals surface area (Å²) in [5.74, 6) is 0.195. The van der Waals surface area contributed by atoms with E-state index in [1.165, 1.54) is 0 Å². The second-order valence-electron chi connectivity index (χ2n) is 4.49. The van der Waals surface area contributed by atoms with Crippen LogP contribution in [0.1, 0.15) is 28.8 Å². The van der Waals surface area contributed by atoms with Crippen molar-refractivity contribution >= 4 is 17.5 Å². The standard InChI is InChI=1S/C13H16ClNO2/c1-9-7-11(16)4-5-12(9)13(17)15-6-2-3-10(14)8-15/h4-5,7,10,16H,2-3,6,8H2,1H3. The van der Waals surface area contributed by atoms with E-state index in [-0.39, 0.29) is 17.0 Å². The van der Waals surface area contributed by atoms with Crippen LogP contribution in [0.3, 0.4) is 0 Å². The largest absolute Gasteiger partial charge is 0.508 e. The van der Waals surface area contributed by atoms with Gasteiger partial charge >= 0.3 is 0 Å². The Morgan fingerprint density at radius 3 is 2.94 bits per heavy atom. The Morgan fingerprint density at radius 2 is 2.29 bits per heavy atom. The molecule has 0 spiro atoms. The number of hydrogen-bond donors (Lipinski definition) is 1. The summed E-state index contributed by atoms with van der Waals surface area (Å²) in [6.07, 6.45) is 1.93. The molecule has 1 aromatic carbocycles. The highest BCUT2D eigenvalue weighted by Crippen LogP contribution is 2.21. The number of benzene rings is 1. The van der Waals surface area contributed by atoms with Gasteiger partial charge in [0.25, 0.3) is 5.91 Å². The predicted octanol–water partition coefficient (Wildman–Crippen LogP) is 2.54. The number of aryl methyl sites for hydroxylation is 1. The molecule has 0 radical (unpaired) electrons. The molecular weight excluding hydrogens is 238 g/mol. The van der Waals surface area contributed by atoms with Crippen molar-refractivity contribution < 1.29 is 9.90 Å². The zero-order valence-electron chi connectivity index (χ0n) is 9.82. The minimum absolute atomic E-state index is 0.00727. The van der Waals surface area contributed by atoms with Crippen molar-refractivity contribution in [3.05, 3.63) is 29.3 Å². The molecule has 1 saturated heterocycles. The number of phenolic OH excluding ortho intramolecular Hbond substituents is 1. The molecule has 1 heterocycles. The summed E-state index contributed by atoms with van der Waals surface area (Å²) in [7, 11) is 0. The van der Waals surface area contributed by atoms with Crippen molar-refractivity contribution in [2.75, 3.05) is 13.1 Å². The lowest BCUT2D eigenvalue weighted by Gasteiger charge is -2.30. The summed E-state index contributed by atoms with van der Waals surface area (Å²) in [5.41, 5.74) is 1.44. The van der Waals surface area contributed by atoms with Crippen LogP contribution in [0.5, 0.6) is 5.75 Å². The first-order valence-electron chi connectivity index (χ1n) is 5.81. The van der Waals surface area contributed by atoms with Gasteiger partial charge in [-0.25, -0.2) is 0 Å². The second kappa shape index (κ2) is 4.96. The number of piperidine rings is 1. The maximum absolute atomic E-state index is 12.3. The Labute approximate surface area is 106 Å². The number of likely N-dealkylation sites (tertiary alicyclic amines) is 1. The monoisotopic (exact) mass is 253 g/mol.